The van der Waals surface area contributed by atoms with E-state index in [1.807, 2.05) is 74.5 Å². The molecule has 0 aromatic heterocycles. The fraction of sp³-hybridized carbons (Fsp3) is 0.333. The minimum absolute atomic E-state index is 0.00337. The zero-order valence-electron chi connectivity index (χ0n) is 22.0. The molecule has 3 aromatic rings. The lowest BCUT2D eigenvalue weighted by Gasteiger charge is -2.47. The lowest BCUT2D eigenvalue weighted by Crippen LogP contribution is -2.54. The number of phosphoric acid groups is 1. The first-order chi connectivity index (χ1) is 18.8. The Kier molecular flexibility index (Phi) is 7.88. The summed E-state index contributed by atoms with van der Waals surface area (Å²) in [4.78, 5) is 14.7. The maximum atomic E-state index is 14.3. The Morgan fingerprint density at radius 3 is 2.15 bits per heavy atom. The third-order valence-electron chi connectivity index (χ3n) is 6.96. The molecule has 0 radical (unpaired) electrons. The van der Waals surface area contributed by atoms with E-state index < -0.39 is 25.6 Å². The molecule has 8 nitrogen and oxygen atoms in total. The van der Waals surface area contributed by atoms with Gasteiger partial charge in [-0.25, -0.2) is 4.57 Å². The van der Waals surface area contributed by atoms with Crippen molar-refractivity contribution in [1.29, 1.82) is 5.26 Å². The Hall–Kier alpha value is -3.47. The minimum Gasteiger partial charge on any atom is -0.485 e. The van der Waals surface area contributed by atoms with Crippen LogP contribution in [0.5, 0.6) is 5.75 Å². The van der Waals surface area contributed by atoms with Crippen molar-refractivity contribution in [2.24, 2.45) is 0 Å². The number of phosphoric ester groups is 1. The molecule has 1 amide bonds. The van der Waals surface area contributed by atoms with Gasteiger partial charge < -0.3 is 9.64 Å². The van der Waals surface area contributed by atoms with Crippen LogP contribution in [-0.2, 0) is 36.1 Å². The SMILES string of the molecule is CC1(C)Oc2ccc(C#N)cc2[C@@H](N2CCCC2=O)[C@@H]1OP(=O)(OCc1ccccc1)OCc1ccccc1. The van der Waals surface area contributed by atoms with Crippen molar-refractivity contribution in [3.63, 3.8) is 0 Å². The van der Waals surface area contributed by atoms with Gasteiger partial charge in [-0.3, -0.25) is 18.4 Å². The van der Waals surface area contributed by atoms with E-state index in [9.17, 15) is 14.6 Å². The predicted molar refractivity (Wildman–Crippen MR) is 144 cm³/mol. The summed E-state index contributed by atoms with van der Waals surface area (Å²) in [5.41, 5.74) is 1.65. The zero-order chi connectivity index (χ0) is 27.5. The van der Waals surface area contributed by atoms with Gasteiger partial charge in [-0.1, -0.05) is 60.7 Å². The molecule has 2 heterocycles. The second kappa shape index (κ2) is 11.3. The Labute approximate surface area is 228 Å². The molecule has 0 saturated carbocycles. The molecule has 2 aliphatic rings. The maximum absolute atomic E-state index is 14.3. The predicted octanol–water partition coefficient (Wildman–Crippen LogP) is 6.32. The van der Waals surface area contributed by atoms with Gasteiger partial charge in [-0.2, -0.15) is 5.26 Å². The molecule has 0 aliphatic carbocycles. The summed E-state index contributed by atoms with van der Waals surface area (Å²) in [6.07, 6.45) is 0.187. The van der Waals surface area contributed by atoms with Crippen molar-refractivity contribution in [3.05, 3.63) is 101 Å². The fourth-order valence-corrected chi connectivity index (χ4v) is 6.46. The van der Waals surface area contributed by atoms with Crippen molar-refractivity contribution in [1.82, 2.24) is 4.90 Å². The van der Waals surface area contributed by atoms with E-state index >= 15 is 0 Å². The van der Waals surface area contributed by atoms with Crippen LogP contribution in [0.1, 0.15) is 55.0 Å². The number of nitriles is 1. The number of carbonyl (C=O) groups is 1. The molecule has 1 saturated heterocycles. The van der Waals surface area contributed by atoms with Crippen molar-refractivity contribution in [2.75, 3.05) is 6.54 Å². The van der Waals surface area contributed by atoms with E-state index in [1.54, 1.807) is 23.1 Å². The van der Waals surface area contributed by atoms with E-state index in [4.69, 9.17) is 18.3 Å². The molecule has 202 valence electrons. The summed E-state index contributed by atoms with van der Waals surface area (Å²) >= 11 is 0. The van der Waals surface area contributed by atoms with Crippen LogP contribution in [0.15, 0.2) is 78.9 Å². The van der Waals surface area contributed by atoms with Crippen LogP contribution < -0.4 is 4.74 Å². The van der Waals surface area contributed by atoms with Crippen LogP contribution in [0.2, 0.25) is 0 Å². The molecule has 5 rings (SSSR count). The molecule has 0 N–H and O–H groups in total. The van der Waals surface area contributed by atoms with Crippen molar-refractivity contribution >= 4 is 13.7 Å². The first-order valence-electron chi connectivity index (χ1n) is 13.0. The van der Waals surface area contributed by atoms with Gasteiger partial charge in [0.25, 0.3) is 0 Å². The molecule has 2 aliphatic heterocycles. The Balaban J connectivity index is 1.51. The summed E-state index contributed by atoms with van der Waals surface area (Å²) in [7, 11) is -4.21. The monoisotopic (exact) mass is 546 g/mol. The Morgan fingerprint density at radius 1 is 1.00 bits per heavy atom. The van der Waals surface area contributed by atoms with Gasteiger partial charge in [0.1, 0.15) is 17.5 Å². The average molecular weight is 547 g/mol. The molecule has 9 heteroatoms. The van der Waals surface area contributed by atoms with E-state index in [0.717, 1.165) is 11.1 Å². The van der Waals surface area contributed by atoms with Crippen LogP contribution >= 0.6 is 7.82 Å². The second-order valence-corrected chi connectivity index (χ2v) is 11.8. The molecule has 0 unspecified atom stereocenters. The van der Waals surface area contributed by atoms with Gasteiger partial charge in [-0.15, -0.1) is 0 Å². The van der Waals surface area contributed by atoms with Crippen molar-refractivity contribution in [3.8, 4) is 11.8 Å². The van der Waals surface area contributed by atoms with E-state index in [2.05, 4.69) is 6.07 Å². The second-order valence-electron chi connectivity index (χ2n) is 10.2. The normalized spacial score (nSPS) is 20.2. The largest absolute Gasteiger partial charge is 0.485 e. The van der Waals surface area contributed by atoms with Crippen LogP contribution in [0.3, 0.4) is 0 Å². The van der Waals surface area contributed by atoms with Crippen LogP contribution in [0.4, 0.5) is 0 Å². The number of nitrogens with zero attached hydrogens (tertiary/aromatic N) is 2. The van der Waals surface area contributed by atoms with Crippen molar-refractivity contribution in [2.45, 2.75) is 57.6 Å². The molecule has 3 aromatic carbocycles. The summed E-state index contributed by atoms with van der Waals surface area (Å²) in [5.74, 6) is 0.513. The third kappa shape index (κ3) is 6.08. The van der Waals surface area contributed by atoms with E-state index in [0.29, 0.717) is 36.3 Å². The summed E-state index contributed by atoms with van der Waals surface area (Å²) in [6, 6.07) is 25.3. The lowest BCUT2D eigenvalue weighted by molar-refractivity contribution is -0.139. The zero-order valence-corrected chi connectivity index (χ0v) is 22.9. The summed E-state index contributed by atoms with van der Waals surface area (Å²) in [6.45, 7) is 4.17. The van der Waals surface area contributed by atoms with Gasteiger partial charge in [0, 0.05) is 18.5 Å². The van der Waals surface area contributed by atoms with Crippen LogP contribution in [0.25, 0.3) is 0 Å². The first-order valence-corrected chi connectivity index (χ1v) is 14.4. The highest BCUT2D eigenvalue weighted by Crippen LogP contribution is 2.57. The molecule has 1 fully saturated rings. The highest BCUT2D eigenvalue weighted by Gasteiger charge is 2.52. The van der Waals surface area contributed by atoms with Gasteiger partial charge in [-0.05, 0) is 49.6 Å². The number of rotatable bonds is 9. The van der Waals surface area contributed by atoms with Crippen molar-refractivity contribution < 1.29 is 27.7 Å². The maximum Gasteiger partial charge on any atom is 0.475 e. The molecule has 0 spiro atoms. The number of ether oxygens (including phenoxy) is 1. The van der Waals surface area contributed by atoms with Crippen LogP contribution in [0, 0.1) is 11.3 Å². The summed E-state index contributed by atoms with van der Waals surface area (Å²) < 4.78 is 38.8. The number of hydrogen-bond donors (Lipinski definition) is 0. The highest BCUT2D eigenvalue weighted by molar-refractivity contribution is 7.48. The lowest BCUT2D eigenvalue weighted by atomic mass is 9.85. The smallest absolute Gasteiger partial charge is 0.475 e. The quantitative estimate of drug-likeness (QED) is 0.290. The van der Waals surface area contributed by atoms with Gasteiger partial charge >= 0.3 is 7.82 Å². The Bertz CT molecular complexity index is 1360. The van der Waals surface area contributed by atoms with E-state index in [1.165, 1.54) is 0 Å². The molecule has 2 atom stereocenters. The minimum atomic E-state index is -4.21. The van der Waals surface area contributed by atoms with Crippen LogP contribution in [-0.4, -0.2) is 29.1 Å². The first kappa shape index (κ1) is 27.1. The number of fused-ring (bicyclic) bond motifs is 1. The van der Waals surface area contributed by atoms with Gasteiger partial charge in [0.15, 0.2) is 0 Å². The number of likely N-dealkylation sites (tertiary alicyclic amines) is 1. The van der Waals surface area contributed by atoms with E-state index in [-0.39, 0.29) is 19.1 Å². The number of amides is 1. The summed E-state index contributed by atoms with van der Waals surface area (Å²) in [5, 5.41) is 9.57. The average Bonchev–Trinajstić information content (AvgIpc) is 3.37. The fourth-order valence-electron chi connectivity index (χ4n) is 5.00. The third-order valence-corrected chi connectivity index (χ3v) is 8.33. The van der Waals surface area contributed by atoms with Gasteiger partial charge in [0.2, 0.25) is 5.91 Å². The Morgan fingerprint density at radius 2 is 1.62 bits per heavy atom. The number of carbonyl (C=O) groups excluding carboxylic acids is 1. The molecule has 0 bridgehead atoms. The highest BCUT2D eigenvalue weighted by atomic mass is 31.2. The molecular formula is C30H31N2O6P. The number of benzene rings is 3. The topological polar surface area (TPSA) is 98.1 Å². The number of hydrogen-bond acceptors (Lipinski definition) is 7. The standard InChI is InChI=1S/C30H31N2O6P/c1-30(2)29(28(32-17-9-14-27(32)33)25-18-24(19-31)15-16-26(25)37-30)38-39(34,35-20-22-10-5-3-6-11-22)36-21-23-12-7-4-8-13-23/h3-8,10-13,15-16,18,28-29H,9,14,17,20-21H2,1-2H3/t28-,29+/m1/s1. The van der Waals surface area contributed by atoms with Gasteiger partial charge in [0.05, 0.1) is 30.9 Å². The molecule has 39 heavy (non-hydrogen) atoms. The molecular weight excluding hydrogens is 515 g/mol.